The van der Waals surface area contributed by atoms with Gasteiger partial charge in [-0.05, 0) is 54.8 Å². The highest BCUT2D eigenvalue weighted by Crippen LogP contribution is 2.65. The second-order valence-corrected chi connectivity index (χ2v) is 20.5. The van der Waals surface area contributed by atoms with Gasteiger partial charge in [-0.2, -0.15) is 0 Å². The van der Waals surface area contributed by atoms with Crippen LogP contribution in [0.4, 0.5) is 0 Å². The van der Waals surface area contributed by atoms with Crippen LogP contribution in [0.2, 0.25) is 0 Å². The monoisotopic (exact) mass is 997 g/mol. The number of hydrogen-bond acceptors (Lipinski definition) is 15. The number of nitrogens with one attached hydrogen (secondary N) is 1. The fourth-order valence-corrected chi connectivity index (χ4v) is 10.7. The molecule has 7 rings (SSSR count). The van der Waals surface area contributed by atoms with Gasteiger partial charge in [0.15, 0.2) is 23.6 Å². The first-order valence-electron chi connectivity index (χ1n) is 21.7. The molecule has 16 nitrogen and oxygen atoms in total. The highest BCUT2D eigenvalue weighted by Gasteiger charge is 2.79. The number of alkyl halides is 3. The molecule has 1 heterocycles. The summed E-state index contributed by atoms with van der Waals surface area (Å²) in [7, 11) is 0. The Bertz CT molecular complexity index is 2520. The van der Waals surface area contributed by atoms with E-state index in [9.17, 15) is 39.0 Å². The Morgan fingerprint density at radius 3 is 1.91 bits per heavy atom. The highest BCUT2D eigenvalue weighted by molar-refractivity contribution is 6.75. The molecule has 3 aromatic carbocycles. The molecular weight excluding hydrogens is 949 g/mol. The molecule has 4 aliphatic rings. The van der Waals surface area contributed by atoms with Crippen LogP contribution in [0, 0.1) is 16.7 Å². The number of rotatable bonds is 11. The third-order valence-corrected chi connectivity index (χ3v) is 14.4. The predicted octanol–water partition coefficient (Wildman–Crippen LogP) is 5.66. The maximum atomic E-state index is 16.0. The van der Waals surface area contributed by atoms with Crippen LogP contribution in [-0.2, 0) is 52.4 Å². The van der Waals surface area contributed by atoms with Crippen LogP contribution in [0.15, 0.2) is 102 Å². The van der Waals surface area contributed by atoms with Crippen LogP contribution in [0.5, 0.6) is 0 Å². The van der Waals surface area contributed by atoms with E-state index in [2.05, 4.69) is 5.32 Å². The van der Waals surface area contributed by atoms with E-state index in [-0.39, 0.29) is 28.7 Å². The van der Waals surface area contributed by atoms with E-state index < -0.39 is 129 Å². The number of benzene rings is 3. The molecule has 0 radical (unpaired) electrons. The lowest BCUT2D eigenvalue weighted by Gasteiger charge is -2.67. The number of amides is 1. The molecule has 0 aromatic heterocycles. The van der Waals surface area contributed by atoms with Gasteiger partial charge in [-0.1, -0.05) is 115 Å². The Morgan fingerprint density at radius 1 is 0.809 bits per heavy atom. The molecule has 3 aliphatic carbocycles. The molecular formula is C49H50Cl3NO15. The summed E-state index contributed by atoms with van der Waals surface area (Å²) in [5, 5.41) is 28.5. The normalized spacial score (nSPS) is 30.2. The minimum atomic E-state index is -2.68. The van der Waals surface area contributed by atoms with Gasteiger partial charge in [-0.25, -0.2) is 14.4 Å². The lowest BCUT2D eigenvalue weighted by Crippen LogP contribution is -2.82. The Hall–Kier alpha value is -5.36. The van der Waals surface area contributed by atoms with Gasteiger partial charge in [0.25, 0.3) is 9.70 Å². The SMILES string of the molecule is CC(=O)O[C@H]1C(=O)[C@]2(C)[C@@H](OC(=O)C(Cl)(Cl)Cl)C[C@H]3OC[C@@]3(OC(C)=O)[C@H]2[C@H](OC(=O)c2ccccc2)[C@]2(O)C[C@H](OC(=O)[C@H](O)[C@@H](NC(=O)c3ccccc3)c3ccccc3)C(C)=C1C2(C)C. The van der Waals surface area contributed by atoms with Crippen LogP contribution in [0.25, 0.3) is 0 Å². The van der Waals surface area contributed by atoms with Crippen LogP contribution >= 0.6 is 34.8 Å². The van der Waals surface area contributed by atoms with Gasteiger partial charge < -0.3 is 44.0 Å². The van der Waals surface area contributed by atoms with Crippen LogP contribution < -0.4 is 5.32 Å². The van der Waals surface area contributed by atoms with Gasteiger partial charge >= 0.3 is 29.8 Å². The molecule has 68 heavy (non-hydrogen) atoms. The number of carbonyl (C=O) groups is 7. The topological polar surface area (TPSA) is 227 Å². The number of aliphatic hydroxyl groups excluding tert-OH is 1. The molecule has 0 spiro atoms. The fourth-order valence-electron chi connectivity index (χ4n) is 10.5. The summed E-state index contributed by atoms with van der Waals surface area (Å²) in [5.74, 6) is -8.91. The van der Waals surface area contributed by atoms with Crippen LogP contribution in [-0.4, -0.2) is 110 Å². The summed E-state index contributed by atoms with van der Waals surface area (Å²) in [6.07, 6.45) is -11.5. The zero-order chi connectivity index (χ0) is 49.7. The Morgan fingerprint density at radius 2 is 1.38 bits per heavy atom. The maximum Gasteiger partial charge on any atom is 0.358 e. The number of ether oxygens (including phenoxy) is 6. The maximum absolute atomic E-state index is 16.0. The van der Waals surface area contributed by atoms with Gasteiger partial charge in [-0.3, -0.25) is 19.2 Å². The minimum absolute atomic E-state index is 0.00178. The van der Waals surface area contributed by atoms with E-state index in [1.165, 1.54) is 39.8 Å². The van der Waals surface area contributed by atoms with Gasteiger partial charge in [0.2, 0.25) is 0 Å². The van der Waals surface area contributed by atoms with Crippen molar-refractivity contribution in [3.8, 4) is 0 Å². The molecule has 2 bridgehead atoms. The highest BCUT2D eigenvalue weighted by atomic mass is 35.6. The molecule has 362 valence electrons. The summed E-state index contributed by atoms with van der Waals surface area (Å²) in [5.41, 5.74) is -7.96. The van der Waals surface area contributed by atoms with E-state index in [0.29, 0.717) is 5.56 Å². The number of hydrogen-bond donors (Lipinski definition) is 3. The summed E-state index contributed by atoms with van der Waals surface area (Å²) in [6.45, 7) is 7.53. The molecule has 3 N–H and O–H groups in total. The average molecular weight is 999 g/mol. The van der Waals surface area contributed by atoms with E-state index in [0.717, 1.165) is 13.8 Å². The quantitative estimate of drug-likeness (QED) is 0.0912. The zero-order valence-corrected chi connectivity index (χ0v) is 40.0. The number of fused-ring (bicyclic) bond motifs is 5. The first-order valence-corrected chi connectivity index (χ1v) is 22.8. The van der Waals surface area contributed by atoms with Crippen molar-refractivity contribution < 1.29 is 72.2 Å². The van der Waals surface area contributed by atoms with Gasteiger partial charge in [0.05, 0.1) is 29.5 Å². The van der Waals surface area contributed by atoms with E-state index in [1.807, 2.05) is 0 Å². The lowest BCUT2D eigenvalue weighted by molar-refractivity contribution is -0.346. The van der Waals surface area contributed by atoms with Gasteiger partial charge in [0, 0.05) is 37.7 Å². The molecule has 0 unspecified atom stereocenters. The summed E-state index contributed by atoms with van der Waals surface area (Å²) < 4.78 is 33.8. The van der Waals surface area contributed by atoms with Gasteiger partial charge in [-0.15, -0.1) is 0 Å². The molecule has 1 aliphatic heterocycles. The van der Waals surface area contributed by atoms with E-state index in [1.54, 1.807) is 78.9 Å². The van der Waals surface area contributed by atoms with Crippen molar-refractivity contribution in [2.75, 3.05) is 6.61 Å². The van der Waals surface area contributed by atoms with Crippen molar-refractivity contribution in [2.45, 2.75) is 112 Å². The zero-order valence-electron chi connectivity index (χ0n) is 37.7. The summed E-state index contributed by atoms with van der Waals surface area (Å²) in [4.78, 5) is 98.4. The van der Waals surface area contributed by atoms with Crippen LogP contribution in [0.1, 0.15) is 86.7 Å². The first kappa shape index (κ1) is 50.5. The van der Waals surface area contributed by atoms with E-state index in [4.69, 9.17) is 63.2 Å². The Labute approximate surface area is 406 Å². The second-order valence-electron chi connectivity index (χ2n) is 18.2. The number of aliphatic hydroxyl groups is 2. The lowest BCUT2D eigenvalue weighted by atomic mass is 9.44. The fraction of sp³-hybridized carbons (Fsp3) is 0.449. The third-order valence-electron chi connectivity index (χ3n) is 13.9. The van der Waals surface area contributed by atoms with Crippen molar-refractivity contribution in [1.29, 1.82) is 0 Å². The molecule has 11 atom stereocenters. The van der Waals surface area contributed by atoms with Crippen LogP contribution in [0.3, 0.4) is 0 Å². The Kier molecular flexibility index (Phi) is 14.0. The minimum Gasteiger partial charge on any atom is -0.458 e. The summed E-state index contributed by atoms with van der Waals surface area (Å²) >= 11 is 18.0. The van der Waals surface area contributed by atoms with E-state index >= 15 is 4.79 Å². The summed E-state index contributed by atoms with van der Waals surface area (Å²) in [6, 6.07) is 22.5. The van der Waals surface area contributed by atoms with Crippen molar-refractivity contribution in [3.05, 3.63) is 119 Å². The van der Waals surface area contributed by atoms with Crippen molar-refractivity contribution >= 4 is 76.3 Å². The molecule has 1 amide bonds. The molecule has 3 aromatic rings. The standard InChI is InChI=1S/C49H50Cl3NO15/c1-25-31(65-43(60)36(56)35(28-16-10-7-11-17-28)53-41(58)29-18-12-8-13-19-29)23-48(62)40(67-42(59)30-20-14-9-15-21-30)38-46(6,39(57)37(64-26(2)54)34(25)45(48,4)5)32(66-44(61)49(50,51)52)22-33-47(38,24-63-33)68-27(3)55/h7-21,31-33,35-38,40,56,62H,22-24H2,1-6H3,(H,53,58)/t31-,32-,33+,35-,36+,37+,38-,40-,46+,47-,48+/m0/s1. The number of esters is 5. The smallest absolute Gasteiger partial charge is 0.358 e. The molecule has 3 fully saturated rings. The molecule has 2 saturated carbocycles. The molecule has 19 heteroatoms. The first-order chi connectivity index (χ1) is 31.9. The number of Topliss-reactive ketones (excluding diaryl/α,β-unsaturated/α-hetero) is 1. The largest absolute Gasteiger partial charge is 0.458 e. The van der Waals surface area contributed by atoms with Crippen molar-refractivity contribution in [2.24, 2.45) is 16.7 Å². The molecule has 1 saturated heterocycles. The third kappa shape index (κ3) is 8.90. The van der Waals surface area contributed by atoms with Gasteiger partial charge in [0.1, 0.15) is 30.0 Å². The second kappa shape index (κ2) is 18.9. The average Bonchev–Trinajstić information content (AvgIpc) is 3.28. The Balaban J connectivity index is 1.43. The van der Waals surface area contributed by atoms with Crippen molar-refractivity contribution in [3.63, 3.8) is 0 Å². The number of halogens is 3. The van der Waals surface area contributed by atoms with Crippen molar-refractivity contribution in [1.82, 2.24) is 5.32 Å². The predicted molar refractivity (Wildman–Crippen MR) is 242 cm³/mol. The number of carbonyl (C=O) groups excluding carboxylic acids is 7. The number of ketones is 1.